The Morgan fingerprint density at radius 2 is 1.71 bits per heavy atom. The molecule has 2 aromatic carbocycles. The number of benzene rings is 2. The number of rotatable bonds is 7. The second kappa shape index (κ2) is 9.64. The minimum atomic E-state index is -0.478. The maximum atomic E-state index is 12.2. The average molecular weight is 386 g/mol. The first-order valence-corrected chi connectivity index (χ1v) is 8.94. The van der Waals surface area contributed by atoms with Crippen LogP contribution in [-0.2, 0) is 4.79 Å². The van der Waals surface area contributed by atoms with Gasteiger partial charge in [-0.05, 0) is 69.2 Å². The van der Waals surface area contributed by atoms with Crippen molar-refractivity contribution in [3.63, 3.8) is 0 Å². The highest BCUT2D eigenvalue weighted by Crippen LogP contribution is 2.28. The zero-order valence-corrected chi connectivity index (χ0v) is 16.8. The molecule has 7 heteroatoms. The normalized spacial score (nSPS) is 10.4. The molecule has 0 aliphatic rings. The summed E-state index contributed by atoms with van der Waals surface area (Å²) in [5.41, 5.74) is 7.22. The summed E-state index contributed by atoms with van der Waals surface area (Å²) in [6, 6.07) is 10.4. The number of hydrazine groups is 1. The molecule has 28 heavy (non-hydrogen) atoms. The van der Waals surface area contributed by atoms with Crippen LogP contribution in [0.1, 0.15) is 35.3 Å². The summed E-state index contributed by atoms with van der Waals surface area (Å²) in [7, 11) is 1.50. The van der Waals surface area contributed by atoms with E-state index >= 15 is 0 Å². The molecule has 0 aliphatic heterocycles. The van der Waals surface area contributed by atoms with Crippen LogP contribution in [0.5, 0.6) is 17.2 Å². The van der Waals surface area contributed by atoms with Crippen LogP contribution < -0.4 is 25.1 Å². The maximum Gasteiger partial charge on any atom is 0.276 e. The third-order valence-corrected chi connectivity index (χ3v) is 3.95. The molecule has 0 saturated carbocycles. The van der Waals surface area contributed by atoms with Crippen molar-refractivity contribution in [3.8, 4) is 17.2 Å². The molecule has 0 bridgehead atoms. The molecular formula is C21H26N2O5. The summed E-state index contributed by atoms with van der Waals surface area (Å²) in [4.78, 5) is 24.2. The Morgan fingerprint density at radius 3 is 2.36 bits per heavy atom. The van der Waals surface area contributed by atoms with Crippen LogP contribution in [0, 0.1) is 13.8 Å². The maximum absolute atomic E-state index is 12.2. The van der Waals surface area contributed by atoms with Gasteiger partial charge in [-0.25, -0.2) is 0 Å². The number of carbonyl (C=O) groups is 2. The van der Waals surface area contributed by atoms with Crippen LogP contribution in [0.15, 0.2) is 36.4 Å². The van der Waals surface area contributed by atoms with E-state index < -0.39 is 11.8 Å². The quantitative estimate of drug-likeness (QED) is 0.715. The van der Waals surface area contributed by atoms with Gasteiger partial charge in [-0.3, -0.25) is 20.4 Å². The van der Waals surface area contributed by atoms with E-state index in [1.807, 2.05) is 39.8 Å². The van der Waals surface area contributed by atoms with E-state index in [0.29, 0.717) is 22.8 Å². The number of carbonyl (C=O) groups excluding carboxylic acids is 2. The lowest BCUT2D eigenvalue weighted by Crippen LogP contribution is -2.43. The molecule has 2 N–H and O–H groups in total. The zero-order chi connectivity index (χ0) is 20.7. The second-order valence-electron chi connectivity index (χ2n) is 6.57. The molecule has 2 aromatic rings. The fourth-order valence-electron chi connectivity index (χ4n) is 2.35. The molecule has 150 valence electrons. The van der Waals surface area contributed by atoms with E-state index in [9.17, 15) is 9.59 Å². The third kappa shape index (κ3) is 5.90. The van der Waals surface area contributed by atoms with Gasteiger partial charge in [0.15, 0.2) is 18.1 Å². The van der Waals surface area contributed by atoms with Gasteiger partial charge in [0, 0.05) is 5.56 Å². The molecule has 0 saturated heterocycles. The predicted octanol–water partition coefficient (Wildman–Crippen LogP) is 2.94. The molecule has 0 unspecified atom stereocenters. The zero-order valence-electron chi connectivity index (χ0n) is 16.8. The lowest BCUT2D eigenvalue weighted by Gasteiger charge is -2.14. The van der Waals surface area contributed by atoms with E-state index in [4.69, 9.17) is 14.2 Å². The minimum absolute atomic E-state index is 0.0230. The fourth-order valence-corrected chi connectivity index (χ4v) is 2.35. The van der Waals surface area contributed by atoms with Crippen LogP contribution in [0.4, 0.5) is 0 Å². The number of aryl methyl sites for hydroxylation is 2. The van der Waals surface area contributed by atoms with Crippen molar-refractivity contribution in [3.05, 3.63) is 53.1 Å². The van der Waals surface area contributed by atoms with Crippen LogP contribution in [0.25, 0.3) is 0 Å². The monoisotopic (exact) mass is 386 g/mol. The molecule has 0 fully saturated rings. The van der Waals surface area contributed by atoms with Crippen LogP contribution in [0.3, 0.4) is 0 Å². The molecular weight excluding hydrogens is 360 g/mol. The Labute approximate surface area is 165 Å². The SMILES string of the molecule is COc1cc(C(=O)NNC(=O)COc2ccc(C)c(C)c2)ccc1OC(C)C. The molecule has 7 nitrogen and oxygen atoms in total. The van der Waals surface area contributed by atoms with Gasteiger partial charge < -0.3 is 14.2 Å². The van der Waals surface area contributed by atoms with Gasteiger partial charge in [-0.1, -0.05) is 6.07 Å². The largest absolute Gasteiger partial charge is 0.493 e. The summed E-state index contributed by atoms with van der Waals surface area (Å²) < 4.78 is 16.3. The summed E-state index contributed by atoms with van der Waals surface area (Å²) in [6.45, 7) is 7.55. The Hall–Kier alpha value is -3.22. The van der Waals surface area contributed by atoms with E-state index in [0.717, 1.165) is 11.1 Å². The highest BCUT2D eigenvalue weighted by Gasteiger charge is 2.13. The standard InChI is InChI=1S/C21H26N2O5/c1-13(2)28-18-9-7-16(11-19(18)26-5)21(25)23-22-20(24)12-27-17-8-6-14(3)15(4)10-17/h6-11,13H,12H2,1-5H3,(H,22,24)(H,23,25). The van der Waals surface area contributed by atoms with Crippen LogP contribution >= 0.6 is 0 Å². The fraction of sp³-hybridized carbons (Fsp3) is 0.333. The van der Waals surface area contributed by atoms with Gasteiger partial charge in [0.1, 0.15) is 5.75 Å². The second-order valence-corrected chi connectivity index (χ2v) is 6.57. The van der Waals surface area contributed by atoms with Crippen LogP contribution in [-0.4, -0.2) is 31.6 Å². The summed E-state index contributed by atoms with van der Waals surface area (Å²) in [5.74, 6) is 0.618. The molecule has 0 aliphatic carbocycles. The first-order valence-electron chi connectivity index (χ1n) is 8.94. The summed E-state index contributed by atoms with van der Waals surface area (Å²) in [6.07, 6.45) is -0.0230. The molecule has 0 aromatic heterocycles. The minimum Gasteiger partial charge on any atom is -0.493 e. The van der Waals surface area contributed by atoms with Crippen molar-refractivity contribution in [2.45, 2.75) is 33.8 Å². The van der Waals surface area contributed by atoms with Crippen molar-refractivity contribution in [2.75, 3.05) is 13.7 Å². The number of hydrogen-bond donors (Lipinski definition) is 2. The van der Waals surface area contributed by atoms with Crippen molar-refractivity contribution >= 4 is 11.8 Å². The number of methoxy groups -OCH3 is 1. The molecule has 0 atom stereocenters. The lowest BCUT2D eigenvalue weighted by atomic mass is 10.1. The van der Waals surface area contributed by atoms with E-state index in [1.165, 1.54) is 7.11 Å². The van der Waals surface area contributed by atoms with Gasteiger partial charge in [-0.2, -0.15) is 0 Å². The van der Waals surface area contributed by atoms with Crippen molar-refractivity contribution in [1.29, 1.82) is 0 Å². The van der Waals surface area contributed by atoms with E-state index in [2.05, 4.69) is 10.9 Å². The van der Waals surface area contributed by atoms with Gasteiger partial charge in [0.25, 0.3) is 11.8 Å². The highest BCUT2D eigenvalue weighted by molar-refractivity contribution is 5.96. The van der Waals surface area contributed by atoms with Gasteiger partial charge in [-0.15, -0.1) is 0 Å². The molecule has 0 radical (unpaired) electrons. The molecule has 0 spiro atoms. The number of ether oxygens (including phenoxy) is 3. The van der Waals surface area contributed by atoms with Gasteiger partial charge in [0.05, 0.1) is 13.2 Å². The van der Waals surface area contributed by atoms with Crippen molar-refractivity contribution in [2.24, 2.45) is 0 Å². The molecule has 2 amide bonds. The Kier molecular flexibility index (Phi) is 7.26. The predicted molar refractivity (Wildman–Crippen MR) is 106 cm³/mol. The van der Waals surface area contributed by atoms with Crippen molar-refractivity contribution < 1.29 is 23.8 Å². The summed E-state index contributed by atoms with van der Waals surface area (Å²) in [5, 5.41) is 0. The first kappa shape index (κ1) is 21.1. The third-order valence-electron chi connectivity index (χ3n) is 3.95. The highest BCUT2D eigenvalue weighted by atomic mass is 16.5. The number of hydrogen-bond acceptors (Lipinski definition) is 5. The lowest BCUT2D eigenvalue weighted by molar-refractivity contribution is -0.123. The number of nitrogens with one attached hydrogen (secondary N) is 2. The van der Waals surface area contributed by atoms with Gasteiger partial charge in [0.2, 0.25) is 0 Å². The smallest absolute Gasteiger partial charge is 0.276 e. The van der Waals surface area contributed by atoms with Crippen molar-refractivity contribution in [1.82, 2.24) is 10.9 Å². The number of amides is 2. The first-order chi connectivity index (χ1) is 13.3. The topological polar surface area (TPSA) is 85.9 Å². The van der Waals surface area contributed by atoms with Crippen LogP contribution in [0.2, 0.25) is 0 Å². The van der Waals surface area contributed by atoms with Gasteiger partial charge >= 0.3 is 0 Å². The Balaban J connectivity index is 1.88. The summed E-state index contributed by atoms with van der Waals surface area (Å²) >= 11 is 0. The Morgan fingerprint density at radius 1 is 0.964 bits per heavy atom. The molecule has 0 heterocycles. The van der Waals surface area contributed by atoms with E-state index in [1.54, 1.807) is 24.3 Å². The Bertz CT molecular complexity index is 849. The van der Waals surface area contributed by atoms with E-state index in [-0.39, 0.29) is 12.7 Å². The average Bonchev–Trinajstić information content (AvgIpc) is 2.66. The molecule has 2 rings (SSSR count).